The van der Waals surface area contributed by atoms with Gasteiger partial charge in [0.25, 0.3) is 5.91 Å². The molecule has 0 bridgehead atoms. The average Bonchev–Trinajstić information content (AvgIpc) is 2.28. The molecule has 1 aromatic rings. The normalized spacial score (nSPS) is 11.0. The summed E-state index contributed by atoms with van der Waals surface area (Å²) in [5.41, 5.74) is 1.46. The Balaban J connectivity index is 2.90. The number of nitrogens with zero attached hydrogens (tertiary/aromatic N) is 1. The number of carbonyl (C=O) groups excluding carboxylic acids is 1. The molecule has 0 atom stereocenters. The number of rotatable bonds is 3. The topological polar surface area (TPSA) is 50.7 Å². The number of nitrogens with one attached hydrogen (secondary N) is 1. The fraction of sp³-hybridized carbons (Fsp3) is 0.200. The van der Waals surface area contributed by atoms with E-state index in [-0.39, 0.29) is 5.91 Å². The Kier molecular flexibility index (Phi) is 4.30. The van der Waals surface area contributed by atoms with Gasteiger partial charge in [-0.2, -0.15) is 0 Å². The summed E-state index contributed by atoms with van der Waals surface area (Å²) >= 11 is 3.25. The van der Waals surface area contributed by atoms with Gasteiger partial charge in [0.15, 0.2) is 4.62 Å². The number of halogens is 1. The second-order valence-electron chi connectivity index (χ2n) is 2.72. The Hall–Kier alpha value is -1.36. The van der Waals surface area contributed by atoms with Gasteiger partial charge >= 0.3 is 0 Å². The molecule has 0 aliphatic heterocycles. The summed E-state index contributed by atoms with van der Waals surface area (Å²) in [7, 11) is 3.07. The zero-order valence-electron chi connectivity index (χ0n) is 8.45. The first-order valence-corrected chi connectivity index (χ1v) is 5.07. The number of oxime groups is 1. The lowest BCUT2D eigenvalue weighted by Gasteiger charge is -2.01. The molecule has 0 unspecified atom stereocenters. The number of benzene rings is 1. The lowest BCUT2D eigenvalue weighted by molar-refractivity contribution is 0.0963. The van der Waals surface area contributed by atoms with Gasteiger partial charge in [0.05, 0.1) is 0 Å². The van der Waals surface area contributed by atoms with E-state index in [0.29, 0.717) is 10.2 Å². The molecule has 0 aliphatic rings. The van der Waals surface area contributed by atoms with Gasteiger partial charge in [-0.15, -0.1) is 0 Å². The molecular formula is C10H11BrN2O2. The predicted octanol–water partition coefficient (Wildman–Crippen LogP) is 1.75. The summed E-state index contributed by atoms with van der Waals surface area (Å²) < 4.78 is 0.591. The number of hydrogen-bond acceptors (Lipinski definition) is 3. The van der Waals surface area contributed by atoms with Crippen LogP contribution in [0.1, 0.15) is 15.9 Å². The lowest BCUT2D eigenvalue weighted by atomic mass is 10.1. The summed E-state index contributed by atoms with van der Waals surface area (Å²) in [6, 6.07) is 7.02. The molecule has 15 heavy (non-hydrogen) atoms. The van der Waals surface area contributed by atoms with Crippen LogP contribution < -0.4 is 5.32 Å². The Labute approximate surface area is 96.4 Å². The van der Waals surface area contributed by atoms with E-state index in [4.69, 9.17) is 0 Å². The van der Waals surface area contributed by atoms with Gasteiger partial charge in [-0.25, -0.2) is 0 Å². The predicted molar refractivity (Wildman–Crippen MR) is 62.3 cm³/mol. The van der Waals surface area contributed by atoms with E-state index in [1.807, 2.05) is 0 Å². The molecule has 0 aromatic heterocycles. The fourth-order valence-electron chi connectivity index (χ4n) is 1.04. The highest BCUT2D eigenvalue weighted by Crippen LogP contribution is 2.09. The van der Waals surface area contributed by atoms with Crippen molar-refractivity contribution in [2.45, 2.75) is 0 Å². The lowest BCUT2D eigenvalue weighted by Crippen LogP contribution is -2.17. The molecule has 0 radical (unpaired) electrons. The minimum atomic E-state index is -0.110. The summed E-state index contributed by atoms with van der Waals surface area (Å²) in [5.74, 6) is -0.110. The number of hydrogen-bond donors (Lipinski definition) is 1. The van der Waals surface area contributed by atoms with Crippen molar-refractivity contribution in [2.75, 3.05) is 14.2 Å². The van der Waals surface area contributed by atoms with Crippen LogP contribution in [-0.4, -0.2) is 24.7 Å². The van der Waals surface area contributed by atoms with Crippen LogP contribution in [0.25, 0.3) is 0 Å². The first-order chi connectivity index (χ1) is 7.19. The van der Waals surface area contributed by atoms with Gasteiger partial charge in [-0.3, -0.25) is 4.79 Å². The number of amides is 1. The van der Waals surface area contributed by atoms with Crippen LogP contribution in [0.2, 0.25) is 0 Å². The molecule has 4 nitrogen and oxygen atoms in total. The Morgan fingerprint density at radius 3 is 2.33 bits per heavy atom. The SMILES string of the molecule is CNC(=O)c1ccc(/C(Br)=N/OC)cc1. The molecule has 1 N–H and O–H groups in total. The van der Waals surface area contributed by atoms with Crippen molar-refractivity contribution in [1.29, 1.82) is 0 Å². The van der Waals surface area contributed by atoms with Crippen LogP contribution in [0, 0.1) is 0 Å². The summed E-state index contributed by atoms with van der Waals surface area (Å²) in [5, 5.41) is 6.27. The monoisotopic (exact) mass is 270 g/mol. The summed E-state index contributed by atoms with van der Waals surface area (Å²) in [4.78, 5) is 15.9. The standard InChI is InChI=1S/C10H11BrN2O2/c1-12-10(14)8-5-3-7(4-6-8)9(11)13-15-2/h3-6H,1-2H3,(H,12,14)/b13-9-. The molecule has 5 heteroatoms. The third kappa shape index (κ3) is 3.06. The average molecular weight is 271 g/mol. The van der Waals surface area contributed by atoms with Gasteiger partial charge in [-0.05, 0) is 28.1 Å². The van der Waals surface area contributed by atoms with E-state index in [2.05, 4.69) is 31.2 Å². The van der Waals surface area contributed by atoms with Crippen LogP contribution in [0.4, 0.5) is 0 Å². The molecule has 0 saturated carbocycles. The largest absolute Gasteiger partial charge is 0.398 e. The van der Waals surface area contributed by atoms with Crippen molar-refractivity contribution in [1.82, 2.24) is 5.32 Å². The maximum absolute atomic E-state index is 11.2. The van der Waals surface area contributed by atoms with Crippen LogP contribution in [0.5, 0.6) is 0 Å². The van der Waals surface area contributed by atoms with E-state index in [1.165, 1.54) is 7.11 Å². The zero-order chi connectivity index (χ0) is 11.3. The molecule has 1 aromatic carbocycles. The van der Waals surface area contributed by atoms with Crippen LogP contribution >= 0.6 is 15.9 Å². The van der Waals surface area contributed by atoms with Crippen molar-refractivity contribution in [3.05, 3.63) is 35.4 Å². The third-order valence-electron chi connectivity index (χ3n) is 1.78. The fourth-order valence-corrected chi connectivity index (χ4v) is 1.45. The van der Waals surface area contributed by atoms with Crippen molar-refractivity contribution in [3.8, 4) is 0 Å². The van der Waals surface area contributed by atoms with Gasteiger partial charge in [0, 0.05) is 18.2 Å². The van der Waals surface area contributed by atoms with Gasteiger partial charge in [-0.1, -0.05) is 17.3 Å². The van der Waals surface area contributed by atoms with Crippen LogP contribution in [0.3, 0.4) is 0 Å². The molecule has 0 aliphatic carbocycles. The Morgan fingerprint density at radius 2 is 1.87 bits per heavy atom. The molecular weight excluding hydrogens is 260 g/mol. The molecule has 0 saturated heterocycles. The Bertz CT molecular complexity index is 374. The van der Waals surface area contributed by atoms with Gasteiger partial charge in [0.2, 0.25) is 0 Å². The van der Waals surface area contributed by atoms with Crippen LogP contribution in [-0.2, 0) is 4.84 Å². The quantitative estimate of drug-likeness (QED) is 0.672. The molecule has 1 amide bonds. The minimum Gasteiger partial charge on any atom is -0.398 e. The van der Waals surface area contributed by atoms with Crippen LogP contribution in [0.15, 0.2) is 29.4 Å². The van der Waals surface area contributed by atoms with Crippen molar-refractivity contribution in [3.63, 3.8) is 0 Å². The van der Waals surface area contributed by atoms with Crippen molar-refractivity contribution < 1.29 is 9.63 Å². The highest BCUT2D eigenvalue weighted by molar-refractivity contribution is 9.18. The summed E-state index contributed by atoms with van der Waals surface area (Å²) in [6.07, 6.45) is 0. The highest BCUT2D eigenvalue weighted by Gasteiger charge is 2.04. The van der Waals surface area contributed by atoms with Gasteiger partial charge in [0.1, 0.15) is 7.11 Å². The second-order valence-corrected chi connectivity index (χ2v) is 3.47. The number of carbonyl (C=O) groups is 1. The van der Waals surface area contributed by atoms with E-state index >= 15 is 0 Å². The first kappa shape index (κ1) is 11.7. The molecule has 0 spiro atoms. The molecule has 0 heterocycles. The van der Waals surface area contributed by atoms with Crippen molar-refractivity contribution in [2.24, 2.45) is 5.16 Å². The van der Waals surface area contributed by atoms with E-state index in [0.717, 1.165) is 5.56 Å². The van der Waals surface area contributed by atoms with E-state index in [9.17, 15) is 4.79 Å². The minimum absolute atomic E-state index is 0.110. The van der Waals surface area contributed by atoms with Crippen molar-refractivity contribution >= 4 is 26.5 Å². The molecule has 1 rings (SSSR count). The van der Waals surface area contributed by atoms with Gasteiger partial charge < -0.3 is 10.2 Å². The highest BCUT2D eigenvalue weighted by atomic mass is 79.9. The molecule has 80 valence electrons. The summed E-state index contributed by atoms with van der Waals surface area (Å²) in [6.45, 7) is 0. The van der Waals surface area contributed by atoms with E-state index < -0.39 is 0 Å². The maximum Gasteiger partial charge on any atom is 0.251 e. The maximum atomic E-state index is 11.2. The zero-order valence-corrected chi connectivity index (χ0v) is 10.0. The first-order valence-electron chi connectivity index (χ1n) is 4.28. The third-order valence-corrected chi connectivity index (χ3v) is 2.39. The smallest absolute Gasteiger partial charge is 0.251 e. The Morgan fingerprint density at radius 1 is 1.33 bits per heavy atom. The molecule has 0 fully saturated rings. The van der Waals surface area contributed by atoms with E-state index in [1.54, 1.807) is 31.3 Å². The second kappa shape index (κ2) is 5.50.